The van der Waals surface area contributed by atoms with Crippen molar-refractivity contribution in [3.8, 4) is 17.2 Å². The average Bonchev–Trinajstić information content (AvgIpc) is 3.08. The highest BCUT2D eigenvalue weighted by Gasteiger charge is 2.25. The summed E-state index contributed by atoms with van der Waals surface area (Å²) in [6.45, 7) is 6.45. The molecule has 0 saturated carbocycles. The number of hydrogen-bond acceptors (Lipinski definition) is 8. The highest BCUT2D eigenvalue weighted by atomic mass is 32.2. The number of ether oxygens (including phenoxy) is 4. The lowest BCUT2D eigenvalue weighted by molar-refractivity contribution is -0.384. The normalized spacial score (nSPS) is 12.4. The Kier molecular flexibility index (Phi) is 13.4. The van der Waals surface area contributed by atoms with Crippen molar-refractivity contribution < 1.29 is 37.6 Å². The van der Waals surface area contributed by atoms with E-state index in [0.29, 0.717) is 57.9 Å². The topological polar surface area (TPSA) is 120 Å². The van der Waals surface area contributed by atoms with Gasteiger partial charge in [-0.1, -0.05) is 51.8 Å². The molecule has 4 aromatic carbocycles. The van der Waals surface area contributed by atoms with Gasteiger partial charge in [0.25, 0.3) is 5.69 Å². The third kappa shape index (κ3) is 9.43. The number of benzene rings is 4. The summed E-state index contributed by atoms with van der Waals surface area (Å²) >= 11 is -1.69. The van der Waals surface area contributed by atoms with Gasteiger partial charge in [0, 0.05) is 52.8 Å². The zero-order valence-electron chi connectivity index (χ0n) is 26.9. The van der Waals surface area contributed by atoms with Crippen LogP contribution in [0.2, 0.25) is 0 Å². The molecule has 9 nitrogen and oxygen atoms in total. The molecular weight excluding hydrogens is 625 g/mol. The molecule has 0 radical (unpaired) electrons. The molecule has 250 valence electrons. The molecule has 0 heterocycles. The molecule has 0 saturated heterocycles. The molecule has 0 aromatic heterocycles. The zero-order chi connectivity index (χ0) is 33.8. The van der Waals surface area contributed by atoms with Crippen molar-refractivity contribution >= 4 is 33.6 Å². The molecule has 0 aliphatic rings. The van der Waals surface area contributed by atoms with Gasteiger partial charge in [0.05, 0.1) is 24.7 Å². The van der Waals surface area contributed by atoms with Crippen LogP contribution in [-0.2, 0) is 20.7 Å². The van der Waals surface area contributed by atoms with Gasteiger partial charge in [0.2, 0.25) is 5.75 Å². The van der Waals surface area contributed by atoms with Gasteiger partial charge in [-0.15, -0.1) is 0 Å². The quantitative estimate of drug-likeness (QED) is 0.0341. The van der Waals surface area contributed by atoms with Crippen molar-refractivity contribution in [3.63, 3.8) is 0 Å². The smallest absolute Gasteiger partial charge is 0.337 e. The number of fused-ring (bicyclic) bond motifs is 1. The Morgan fingerprint density at radius 3 is 2.28 bits per heavy atom. The summed E-state index contributed by atoms with van der Waals surface area (Å²) in [4.78, 5) is 24.6. The molecule has 0 spiro atoms. The van der Waals surface area contributed by atoms with Crippen LogP contribution < -0.4 is 14.2 Å². The summed E-state index contributed by atoms with van der Waals surface area (Å²) in [5, 5.41) is 12.2. The van der Waals surface area contributed by atoms with Gasteiger partial charge in [-0.05, 0) is 54.5 Å². The van der Waals surface area contributed by atoms with Crippen LogP contribution in [0, 0.1) is 15.9 Å². The largest absolute Gasteiger partial charge is 0.606 e. The maximum atomic E-state index is 14.6. The Morgan fingerprint density at radius 2 is 1.60 bits per heavy atom. The first-order chi connectivity index (χ1) is 22.8. The number of rotatable bonds is 18. The van der Waals surface area contributed by atoms with Crippen LogP contribution >= 0.6 is 0 Å². The molecule has 0 bridgehead atoms. The predicted octanol–water partition coefficient (Wildman–Crippen LogP) is 8.53. The minimum absolute atomic E-state index is 0.106. The number of esters is 1. The number of hydrogen-bond donors (Lipinski definition) is 0. The van der Waals surface area contributed by atoms with Gasteiger partial charge in [-0.25, -0.2) is 9.18 Å². The van der Waals surface area contributed by atoms with Gasteiger partial charge >= 0.3 is 5.97 Å². The first-order valence-electron chi connectivity index (χ1n) is 15.8. The summed E-state index contributed by atoms with van der Waals surface area (Å²) in [5.41, 5.74) is 0.438. The summed E-state index contributed by atoms with van der Waals surface area (Å²) < 4.78 is 51.9. The summed E-state index contributed by atoms with van der Waals surface area (Å²) in [5.74, 6) is -0.475. The third-order valence-corrected chi connectivity index (χ3v) is 8.76. The number of carbonyl (C=O) groups is 1. The van der Waals surface area contributed by atoms with E-state index in [1.54, 1.807) is 42.5 Å². The Hall–Kier alpha value is -4.19. The first-order valence-corrected chi connectivity index (χ1v) is 17.0. The van der Waals surface area contributed by atoms with E-state index in [-0.39, 0.29) is 42.1 Å². The van der Waals surface area contributed by atoms with E-state index >= 15 is 0 Å². The van der Waals surface area contributed by atoms with E-state index in [1.807, 2.05) is 13.8 Å². The standard InChI is InChI=1S/C36H40FNO8S/c1-4-7-10-26(30-11-8-9-12-32(30)37)23-43-24-34(39)46-35-31-22-29(47(42)28-17-14-27(15-18-28)38(40)41)16-13-25(31)21-33(44-19-5-2)36(35)45-20-6-3/h8-9,11-18,21-22,26H,4-7,10,19-20,23-24H2,1-3H3. The molecule has 2 atom stereocenters. The molecule has 2 unspecified atom stereocenters. The maximum Gasteiger partial charge on any atom is 0.337 e. The summed E-state index contributed by atoms with van der Waals surface area (Å²) in [7, 11) is 0. The molecule has 4 rings (SSSR count). The monoisotopic (exact) mass is 665 g/mol. The number of nitrogens with zero attached hydrogens (tertiary/aromatic N) is 1. The first kappa shape index (κ1) is 35.7. The van der Waals surface area contributed by atoms with Crippen molar-refractivity contribution in [2.75, 3.05) is 26.4 Å². The molecule has 0 aliphatic carbocycles. The van der Waals surface area contributed by atoms with Crippen LogP contribution in [0.4, 0.5) is 10.1 Å². The van der Waals surface area contributed by atoms with Crippen molar-refractivity contribution in [2.24, 2.45) is 0 Å². The number of carbonyl (C=O) groups excluding carboxylic acids is 1. The molecule has 0 N–H and O–H groups in total. The number of nitro groups is 1. The van der Waals surface area contributed by atoms with E-state index in [1.165, 1.54) is 30.3 Å². The van der Waals surface area contributed by atoms with Gasteiger partial charge in [-0.3, -0.25) is 10.1 Å². The Morgan fingerprint density at radius 1 is 0.894 bits per heavy atom. The minimum atomic E-state index is -1.69. The zero-order valence-corrected chi connectivity index (χ0v) is 27.7. The van der Waals surface area contributed by atoms with E-state index < -0.39 is 22.1 Å². The molecule has 47 heavy (non-hydrogen) atoms. The molecule has 0 amide bonds. The average molecular weight is 666 g/mol. The predicted molar refractivity (Wildman–Crippen MR) is 178 cm³/mol. The van der Waals surface area contributed by atoms with E-state index in [2.05, 4.69) is 6.92 Å². The van der Waals surface area contributed by atoms with Crippen molar-refractivity contribution in [2.45, 2.75) is 68.6 Å². The second-order valence-electron chi connectivity index (χ2n) is 11.0. The second kappa shape index (κ2) is 17.7. The lowest BCUT2D eigenvalue weighted by atomic mass is 9.94. The maximum absolute atomic E-state index is 14.6. The van der Waals surface area contributed by atoms with E-state index in [4.69, 9.17) is 18.9 Å². The van der Waals surface area contributed by atoms with Gasteiger partial charge in [-0.2, -0.15) is 0 Å². The SMILES string of the molecule is CCCCC(COCC(=O)Oc1c(OCCC)c(OCCC)cc2ccc([S+]([O-])c3ccc([N+](=O)[O-])cc3)cc12)c1ccccc1F. The fourth-order valence-electron chi connectivity index (χ4n) is 5.02. The fraction of sp³-hybridized carbons (Fsp3) is 0.361. The fourth-order valence-corrected chi connectivity index (χ4v) is 6.09. The van der Waals surface area contributed by atoms with E-state index in [0.717, 1.165) is 19.3 Å². The van der Waals surface area contributed by atoms with Gasteiger partial charge in [0.15, 0.2) is 21.3 Å². The van der Waals surface area contributed by atoms with Crippen LogP contribution in [0.1, 0.15) is 64.4 Å². The number of nitro benzene ring substituents is 1. The van der Waals surface area contributed by atoms with Crippen LogP contribution in [0.3, 0.4) is 0 Å². The van der Waals surface area contributed by atoms with Crippen molar-refractivity contribution in [1.82, 2.24) is 0 Å². The second-order valence-corrected chi connectivity index (χ2v) is 12.5. The minimum Gasteiger partial charge on any atom is -0.606 e. The lowest BCUT2D eigenvalue weighted by Crippen LogP contribution is -2.19. The molecular formula is C36H40FNO8S. The van der Waals surface area contributed by atoms with Crippen molar-refractivity contribution in [1.29, 1.82) is 0 Å². The highest BCUT2D eigenvalue weighted by Crippen LogP contribution is 2.45. The Bertz CT molecular complexity index is 1650. The summed E-state index contributed by atoms with van der Waals surface area (Å²) in [6, 6.07) is 18.9. The van der Waals surface area contributed by atoms with Crippen LogP contribution in [0.25, 0.3) is 10.8 Å². The molecule has 0 fully saturated rings. The molecule has 0 aliphatic heterocycles. The van der Waals surface area contributed by atoms with Gasteiger partial charge < -0.3 is 23.5 Å². The summed E-state index contributed by atoms with van der Waals surface area (Å²) in [6.07, 6.45) is 3.94. The number of non-ortho nitro benzene ring substituents is 1. The number of halogens is 1. The highest BCUT2D eigenvalue weighted by molar-refractivity contribution is 7.91. The van der Waals surface area contributed by atoms with Crippen LogP contribution in [-0.4, -0.2) is 41.9 Å². The third-order valence-electron chi connectivity index (χ3n) is 7.38. The van der Waals surface area contributed by atoms with Crippen LogP contribution in [0.5, 0.6) is 17.2 Å². The van der Waals surface area contributed by atoms with Crippen LogP contribution in [0.15, 0.2) is 82.6 Å². The Labute approximate surface area is 277 Å². The van der Waals surface area contributed by atoms with Crippen molar-refractivity contribution in [3.05, 3.63) is 94.3 Å². The van der Waals surface area contributed by atoms with Gasteiger partial charge in [0.1, 0.15) is 12.4 Å². The number of unbranched alkanes of at least 4 members (excludes halogenated alkanes) is 1. The van der Waals surface area contributed by atoms with E-state index in [9.17, 15) is 23.9 Å². The molecule has 4 aromatic rings. The lowest BCUT2D eigenvalue weighted by Gasteiger charge is -2.20. The Balaban J connectivity index is 1.65. The molecule has 11 heteroatoms.